The first kappa shape index (κ1) is 17.6. The SMILES string of the molecule is CN1CCC(C(=O)Nc2cc3cc(-c4cnn(C)c4)c(F)cc3cn2)CC1. The molecule has 7 heteroatoms. The van der Waals surface area contributed by atoms with Gasteiger partial charge in [-0.05, 0) is 56.6 Å². The molecule has 4 rings (SSSR count). The maximum atomic E-state index is 14.5. The molecule has 1 saturated heterocycles. The second-order valence-electron chi connectivity index (χ2n) is 7.22. The Hall–Kier alpha value is -2.80. The van der Waals surface area contributed by atoms with E-state index in [9.17, 15) is 9.18 Å². The molecular formula is C20H22FN5O. The number of likely N-dealkylation sites (tertiary alicyclic amines) is 1. The van der Waals surface area contributed by atoms with Crippen LogP contribution in [0.15, 0.2) is 36.8 Å². The van der Waals surface area contributed by atoms with Crippen LogP contribution in [0.4, 0.5) is 10.2 Å². The van der Waals surface area contributed by atoms with E-state index in [1.54, 1.807) is 42.5 Å². The Bertz CT molecular complexity index is 991. The maximum Gasteiger partial charge on any atom is 0.228 e. The number of carbonyl (C=O) groups is 1. The van der Waals surface area contributed by atoms with Crippen LogP contribution in [0, 0.1) is 11.7 Å². The minimum atomic E-state index is -0.319. The van der Waals surface area contributed by atoms with Crippen molar-refractivity contribution in [1.82, 2.24) is 19.7 Å². The number of rotatable bonds is 3. The van der Waals surface area contributed by atoms with Crippen LogP contribution in [-0.4, -0.2) is 45.7 Å². The van der Waals surface area contributed by atoms with Crippen LogP contribution in [0.25, 0.3) is 21.9 Å². The molecule has 1 fully saturated rings. The minimum Gasteiger partial charge on any atom is -0.310 e. The van der Waals surface area contributed by atoms with E-state index in [4.69, 9.17) is 0 Å². The van der Waals surface area contributed by atoms with Crippen LogP contribution in [-0.2, 0) is 11.8 Å². The number of piperidine rings is 1. The summed E-state index contributed by atoms with van der Waals surface area (Å²) in [5.41, 5.74) is 1.19. The predicted molar refractivity (Wildman–Crippen MR) is 103 cm³/mol. The maximum absolute atomic E-state index is 14.5. The van der Waals surface area contributed by atoms with E-state index in [1.165, 1.54) is 6.07 Å². The zero-order valence-electron chi connectivity index (χ0n) is 15.4. The summed E-state index contributed by atoms with van der Waals surface area (Å²) in [6.45, 7) is 1.86. The Kier molecular flexibility index (Phi) is 4.61. The van der Waals surface area contributed by atoms with E-state index in [-0.39, 0.29) is 17.6 Å². The van der Waals surface area contributed by atoms with Crippen LogP contribution in [0.2, 0.25) is 0 Å². The Morgan fingerprint density at radius 2 is 1.93 bits per heavy atom. The summed E-state index contributed by atoms with van der Waals surface area (Å²) in [6.07, 6.45) is 6.71. The number of hydrogen-bond donors (Lipinski definition) is 1. The lowest BCUT2D eigenvalue weighted by Crippen LogP contribution is -2.36. The van der Waals surface area contributed by atoms with Crippen LogP contribution in [0.1, 0.15) is 12.8 Å². The van der Waals surface area contributed by atoms with Crippen LogP contribution < -0.4 is 5.32 Å². The molecule has 2 aromatic heterocycles. The van der Waals surface area contributed by atoms with Gasteiger partial charge >= 0.3 is 0 Å². The molecule has 1 aliphatic rings. The zero-order chi connectivity index (χ0) is 19.0. The zero-order valence-corrected chi connectivity index (χ0v) is 15.4. The van der Waals surface area contributed by atoms with Gasteiger partial charge in [-0.1, -0.05) is 0 Å². The second-order valence-corrected chi connectivity index (χ2v) is 7.22. The van der Waals surface area contributed by atoms with Gasteiger partial charge in [-0.3, -0.25) is 9.48 Å². The molecule has 3 heterocycles. The van der Waals surface area contributed by atoms with Crippen molar-refractivity contribution < 1.29 is 9.18 Å². The molecule has 0 radical (unpaired) electrons. The number of hydrogen-bond acceptors (Lipinski definition) is 4. The lowest BCUT2D eigenvalue weighted by Gasteiger charge is -2.27. The van der Waals surface area contributed by atoms with Crippen LogP contribution in [0.5, 0.6) is 0 Å². The molecular weight excluding hydrogens is 345 g/mol. The summed E-state index contributed by atoms with van der Waals surface area (Å²) in [4.78, 5) is 19.0. The molecule has 1 aliphatic heterocycles. The number of amides is 1. The smallest absolute Gasteiger partial charge is 0.228 e. The third-order valence-corrected chi connectivity index (χ3v) is 5.16. The highest BCUT2D eigenvalue weighted by Gasteiger charge is 2.23. The Labute approximate surface area is 157 Å². The van der Waals surface area contributed by atoms with Crippen molar-refractivity contribution in [2.24, 2.45) is 13.0 Å². The van der Waals surface area contributed by atoms with Crippen molar-refractivity contribution in [2.45, 2.75) is 12.8 Å². The van der Waals surface area contributed by atoms with E-state index in [0.717, 1.165) is 31.3 Å². The summed E-state index contributed by atoms with van der Waals surface area (Å²) in [5.74, 6) is 0.193. The molecule has 1 amide bonds. The fourth-order valence-electron chi connectivity index (χ4n) is 3.51. The summed E-state index contributed by atoms with van der Waals surface area (Å²) in [7, 11) is 3.86. The van der Waals surface area contributed by atoms with Gasteiger partial charge in [0.25, 0.3) is 0 Å². The standard InChI is InChI=1S/C20H22FN5O/c1-25-5-3-13(4-6-25)20(27)24-19-9-14-7-17(16-11-23-26(2)12-16)18(21)8-15(14)10-22-19/h7-13H,3-6H2,1-2H3,(H,22,24,27). The highest BCUT2D eigenvalue weighted by atomic mass is 19.1. The molecule has 0 spiro atoms. The largest absolute Gasteiger partial charge is 0.310 e. The van der Waals surface area contributed by atoms with Gasteiger partial charge in [-0.15, -0.1) is 0 Å². The number of nitrogens with zero attached hydrogens (tertiary/aromatic N) is 4. The van der Waals surface area contributed by atoms with Gasteiger partial charge < -0.3 is 10.2 Å². The van der Waals surface area contributed by atoms with E-state index in [1.807, 2.05) is 0 Å². The average molecular weight is 367 g/mol. The number of benzene rings is 1. The molecule has 140 valence electrons. The van der Waals surface area contributed by atoms with Crippen molar-refractivity contribution in [3.63, 3.8) is 0 Å². The van der Waals surface area contributed by atoms with Crippen LogP contribution in [0.3, 0.4) is 0 Å². The van der Waals surface area contributed by atoms with Gasteiger partial charge in [0.1, 0.15) is 11.6 Å². The third-order valence-electron chi connectivity index (χ3n) is 5.16. The molecule has 0 unspecified atom stereocenters. The number of nitrogens with one attached hydrogen (secondary N) is 1. The Balaban J connectivity index is 1.59. The molecule has 3 aromatic rings. The molecule has 1 aromatic carbocycles. The molecule has 0 aliphatic carbocycles. The highest BCUT2D eigenvalue weighted by molar-refractivity contribution is 5.95. The highest BCUT2D eigenvalue weighted by Crippen LogP contribution is 2.28. The van der Waals surface area contributed by atoms with Gasteiger partial charge in [0.2, 0.25) is 5.91 Å². The second kappa shape index (κ2) is 7.08. The first-order chi connectivity index (χ1) is 13.0. The van der Waals surface area contributed by atoms with Crippen molar-refractivity contribution in [1.29, 1.82) is 0 Å². The normalized spacial score (nSPS) is 16.0. The molecule has 6 nitrogen and oxygen atoms in total. The summed E-state index contributed by atoms with van der Waals surface area (Å²) < 4.78 is 16.1. The van der Waals surface area contributed by atoms with E-state index in [0.29, 0.717) is 22.3 Å². The van der Waals surface area contributed by atoms with Gasteiger partial charge in [0, 0.05) is 41.9 Å². The summed E-state index contributed by atoms with van der Waals surface area (Å²) in [5, 5.41) is 8.54. The molecule has 0 bridgehead atoms. The number of aromatic nitrogens is 3. The average Bonchev–Trinajstić information content (AvgIpc) is 3.08. The molecule has 0 atom stereocenters. The summed E-state index contributed by atoms with van der Waals surface area (Å²) >= 11 is 0. The molecule has 0 saturated carbocycles. The summed E-state index contributed by atoms with van der Waals surface area (Å²) in [6, 6.07) is 5.03. The van der Waals surface area contributed by atoms with Crippen molar-refractivity contribution in [3.05, 3.63) is 42.6 Å². The van der Waals surface area contributed by atoms with Gasteiger partial charge in [0.15, 0.2) is 0 Å². The molecule has 27 heavy (non-hydrogen) atoms. The van der Waals surface area contributed by atoms with Crippen LogP contribution >= 0.6 is 0 Å². The third kappa shape index (κ3) is 3.68. The van der Waals surface area contributed by atoms with E-state index >= 15 is 0 Å². The van der Waals surface area contributed by atoms with E-state index < -0.39 is 0 Å². The number of carbonyl (C=O) groups excluding carboxylic acids is 1. The van der Waals surface area contributed by atoms with Gasteiger partial charge in [-0.2, -0.15) is 5.10 Å². The lowest BCUT2D eigenvalue weighted by atomic mass is 9.96. The number of pyridine rings is 1. The van der Waals surface area contributed by atoms with Gasteiger partial charge in [-0.25, -0.2) is 9.37 Å². The Morgan fingerprint density at radius 1 is 1.15 bits per heavy atom. The monoisotopic (exact) mass is 367 g/mol. The fraction of sp³-hybridized carbons (Fsp3) is 0.350. The minimum absolute atomic E-state index is 0.00421. The topological polar surface area (TPSA) is 63.1 Å². The molecule has 1 N–H and O–H groups in total. The number of anilines is 1. The van der Waals surface area contributed by atoms with Crippen molar-refractivity contribution in [3.8, 4) is 11.1 Å². The van der Waals surface area contributed by atoms with E-state index in [2.05, 4.69) is 27.3 Å². The number of halogens is 1. The van der Waals surface area contributed by atoms with Crippen molar-refractivity contribution in [2.75, 3.05) is 25.5 Å². The van der Waals surface area contributed by atoms with Gasteiger partial charge in [0.05, 0.1) is 6.20 Å². The number of fused-ring (bicyclic) bond motifs is 1. The predicted octanol–water partition coefficient (Wildman–Crippen LogP) is 3.05. The quantitative estimate of drug-likeness (QED) is 0.773. The lowest BCUT2D eigenvalue weighted by molar-refractivity contribution is -0.121. The fourth-order valence-corrected chi connectivity index (χ4v) is 3.51. The first-order valence-corrected chi connectivity index (χ1v) is 9.07. The Morgan fingerprint density at radius 3 is 2.63 bits per heavy atom. The first-order valence-electron chi connectivity index (χ1n) is 9.07. The number of aryl methyl sites for hydroxylation is 1. The van der Waals surface area contributed by atoms with Crippen molar-refractivity contribution >= 4 is 22.5 Å².